The molecule has 2 N–H and O–H groups in total. The number of phenols is 1. The zero-order valence-electron chi connectivity index (χ0n) is 12.2. The number of rotatable bonds is 5. The van der Waals surface area contributed by atoms with Gasteiger partial charge in [-0.2, -0.15) is 5.10 Å². The maximum Gasteiger partial charge on any atom is 0.275 e. The lowest BCUT2D eigenvalue weighted by molar-refractivity contribution is 0.0952. The first-order valence-corrected chi connectivity index (χ1v) is 6.49. The predicted molar refractivity (Wildman–Crippen MR) is 82.7 cm³/mol. The van der Waals surface area contributed by atoms with Gasteiger partial charge in [-0.05, 0) is 24.3 Å². The van der Waals surface area contributed by atoms with Crippen molar-refractivity contribution in [2.75, 3.05) is 14.2 Å². The molecular weight excluding hydrogens is 284 g/mol. The Bertz CT molecular complexity index is 698. The van der Waals surface area contributed by atoms with Crippen LogP contribution in [0.4, 0.5) is 0 Å². The first-order chi connectivity index (χ1) is 10.7. The van der Waals surface area contributed by atoms with Crippen molar-refractivity contribution in [3.8, 4) is 17.2 Å². The number of nitrogens with one attached hydrogen (secondary N) is 1. The first kappa shape index (κ1) is 15.4. The highest BCUT2D eigenvalue weighted by molar-refractivity contribution is 5.97. The van der Waals surface area contributed by atoms with E-state index in [2.05, 4.69) is 10.5 Å². The molecule has 0 saturated heterocycles. The van der Waals surface area contributed by atoms with E-state index in [4.69, 9.17) is 9.47 Å². The Morgan fingerprint density at radius 3 is 2.64 bits per heavy atom. The molecule has 6 heteroatoms. The lowest BCUT2D eigenvalue weighted by Crippen LogP contribution is -2.17. The standard InChI is InChI=1S/C16H16N2O4/c1-21-12-8-7-11(15(9-12)22-2)10-17-18-16(20)13-5-3-4-6-14(13)19/h3-10,19H,1-2H3,(H,18,20). The Hall–Kier alpha value is -3.02. The number of para-hydroxylation sites is 1. The van der Waals surface area contributed by atoms with E-state index in [9.17, 15) is 9.90 Å². The summed E-state index contributed by atoms with van der Waals surface area (Å²) in [6.45, 7) is 0. The normalized spacial score (nSPS) is 10.5. The summed E-state index contributed by atoms with van der Waals surface area (Å²) in [6, 6.07) is 11.5. The van der Waals surface area contributed by atoms with Crippen molar-refractivity contribution < 1.29 is 19.4 Å². The van der Waals surface area contributed by atoms with Crippen LogP contribution < -0.4 is 14.9 Å². The highest BCUT2D eigenvalue weighted by Crippen LogP contribution is 2.23. The molecule has 0 atom stereocenters. The van der Waals surface area contributed by atoms with E-state index in [1.54, 1.807) is 37.4 Å². The molecule has 0 saturated carbocycles. The third-order valence-electron chi connectivity index (χ3n) is 2.96. The number of carbonyl (C=O) groups is 1. The summed E-state index contributed by atoms with van der Waals surface area (Å²) in [5.41, 5.74) is 3.19. The highest BCUT2D eigenvalue weighted by atomic mass is 16.5. The molecule has 0 radical (unpaired) electrons. The number of methoxy groups -OCH3 is 2. The predicted octanol–water partition coefficient (Wildman–Crippen LogP) is 2.17. The van der Waals surface area contributed by atoms with E-state index in [1.165, 1.54) is 25.5 Å². The number of benzene rings is 2. The van der Waals surface area contributed by atoms with Crippen LogP contribution in [0.5, 0.6) is 17.2 Å². The quantitative estimate of drug-likeness (QED) is 0.655. The maximum atomic E-state index is 11.9. The molecule has 0 unspecified atom stereocenters. The topological polar surface area (TPSA) is 80.2 Å². The Kier molecular flexibility index (Phi) is 4.98. The molecule has 6 nitrogen and oxygen atoms in total. The Labute approximate surface area is 128 Å². The van der Waals surface area contributed by atoms with Gasteiger partial charge in [-0.25, -0.2) is 5.43 Å². The van der Waals surface area contributed by atoms with Crippen LogP contribution in [0.1, 0.15) is 15.9 Å². The van der Waals surface area contributed by atoms with E-state index in [-0.39, 0.29) is 11.3 Å². The van der Waals surface area contributed by atoms with Crippen LogP contribution in [0.15, 0.2) is 47.6 Å². The second-order valence-corrected chi connectivity index (χ2v) is 4.32. The van der Waals surface area contributed by atoms with Gasteiger partial charge in [-0.3, -0.25) is 4.79 Å². The van der Waals surface area contributed by atoms with E-state index in [0.29, 0.717) is 17.1 Å². The van der Waals surface area contributed by atoms with E-state index >= 15 is 0 Å². The fourth-order valence-corrected chi connectivity index (χ4v) is 1.81. The number of amides is 1. The molecule has 2 aromatic carbocycles. The van der Waals surface area contributed by atoms with Crippen LogP contribution in [-0.4, -0.2) is 31.4 Å². The van der Waals surface area contributed by atoms with Gasteiger partial charge in [0.05, 0.1) is 26.0 Å². The average Bonchev–Trinajstić information content (AvgIpc) is 2.55. The SMILES string of the molecule is COc1ccc(C=NNC(=O)c2ccccc2O)c(OC)c1. The van der Waals surface area contributed by atoms with Crippen molar-refractivity contribution in [1.29, 1.82) is 0 Å². The first-order valence-electron chi connectivity index (χ1n) is 6.49. The number of carbonyl (C=O) groups excluding carboxylic acids is 1. The zero-order chi connectivity index (χ0) is 15.9. The van der Waals surface area contributed by atoms with Gasteiger partial charge in [0.1, 0.15) is 17.2 Å². The molecule has 1 amide bonds. The van der Waals surface area contributed by atoms with Crippen LogP contribution >= 0.6 is 0 Å². The summed E-state index contributed by atoms with van der Waals surface area (Å²) in [7, 11) is 3.10. The van der Waals surface area contributed by atoms with Gasteiger partial charge in [0.2, 0.25) is 0 Å². The number of ether oxygens (including phenoxy) is 2. The molecule has 0 heterocycles. The largest absolute Gasteiger partial charge is 0.507 e. The average molecular weight is 300 g/mol. The third-order valence-corrected chi connectivity index (χ3v) is 2.96. The number of hydrogen-bond acceptors (Lipinski definition) is 5. The molecule has 2 aromatic rings. The van der Waals surface area contributed by atoms with Crippen LogP contribution in [0, 0.1) is 0 Å². The summed E-state index contributed by atoms with van der Waals surface area (Å²) in [6.07, 6.45) is 1.45. The number of nitrogens with zero attached hydrogens (tertiary/aromatic N) is 1. The van der Waals surface area contributed by atoms with Crippen molar-refractivity contribution >= 4 is 12.1 Å². The molecule has 0 spiro atoms. The summed E-state index contributed by atoms with van der Waals surface area (Å²) in [4.78, 5) is 11.9. The minimum atomic E-state index is -0.498. The van der Waals surface area contributed by atoms with E-state index in [0.717, 1.165) is 0 Å². The monoisotopic (exact) mass is 300 g/mol. The van der Waals surface area contributed by atoms with E-state index in [1.807, 2.05) is 0 Å². The number of phenolic OH excluding ortho intramolecular Hbond substituents is 1. The summed E-state index contributed by atoms with van der Waals surface area (Å²) >= 11 is 0. The molecule has 114 valence electrons. The van der Waals surface area contributed by atoms with Crippen molar-refractivity contribution in [2.24, 2.45) is 5.10 Å². The molecule has 0 fully saturated rings. The molecule has 0 aliphatic carbocycles. The minimum absolute atomic E-state index is 0.0998. The summed E-state index contributed by atoms with van der Waals surface area (Å²) in [5.74, 6) is 0.631. The van der Waals surface area contributed by atoms with Crippen LogP contribution in [0.2, 0.25) is 0 Å². The molecule has 0 aromatic heterocycles. The van der Waals surface area contributed by atoms with Gasteiger partial charge in [0.25, 0.3) is 5.91 Å². The maximum absolute atomic E-state index is 11.9. The van der Waals surface area contributed by atoms with Crippen molar-refractivity contribution in [2.45, 2.75) is 0 Å². The van der Waals surface area contributed by atoms with Crippen LogP contribution in [0.25, 0.3) is 0 Å². The Morgan fingerprint density at radius 1 is 1.18 bits per heavy atom. The lowest BCUT2D eigenvalue weighted by atomic mass is 10.2. The number of hydrogen-bond donors (Lipinski definition) is 2. The Morgan fingerprint density at radius 2 is 1.95 bits per heavy atom. The van der Waals surface area contributed by atoms with Crippen molar-refractivity contribution in [1.82, 2.24) is 5.43 Å². The third kappa shape index (κ3) is 3.54. The van der Waals surface area contributed by atoms with Gasteiger partial charge in [-0.1, -0.05) is 12.1 Å². The molecule has 2 rings (SSSR count). The fourth-order valence-electron chi connectivity index (χ4n) is 1.81. The minimum Gasteiger partial charge on any atom is -0.507 e. The molecular formula is C16H16N2O4. The van der Waals surface area contributed by atoms with Crippen LogP contribution in [-0.2, 0) is 0 Å². The highest BCUT2D eigenvalue weighted by Gasteiger charge is 2.09. The van der Waals surface area contributed by atoms with Gasteiger partial charge >= 0.3 is 0 Å². The molecule has 0 aliphatic heterocycles. The number of hydrazone groups is 1. The molecule has 22 heavy (non-hydrogen) atoms. The van der Waals surface area contributed by atoms with Gasteiger partial charge < -0.3 is 14.6 Å². The second kappa shape index (κ2) is 7.12. The fraction of sp³-hybridized carbons (Fsp3) is 0.125. The zero-order valence-corrected chi connectivity index (χ0v) is 12.2. The van der Waals surface area contributed by atoms with E-state index < -0.39 is 5.91 Å². The van der Waals surface area contributed by atoms with Crippen molar-refractivity contribution in [3.05, 3.63) is 53.6 Å². The van der Waals surface area contributed by atoms with Crippen LogP contribution in [0.3, 0.4) is 0 Å². The lowest BCUT2D eigenvalue weighted by Gasteiger charge is -2.07. The summed E-state index contributed by atoms with van der Waals surface area (Å²) in [5, 5.41) is 13.5. The van der Waals surface area contributed by atoms with Gasteiger partial charge in [0, 0.05) is 11.6 Å². The van der Waals surface area contributed by atoms with Gasteiger partial charge in [0.15, 0.2) is 0 Å². The molecule has 0 bridgehead atoms. The van der Waals surface area contributed by atoms with Gasteiger partial charge in [-0.15, -0.1) is 0 Å². The number of aromatic hydroxyl groups is 1. The smallest absolute Gasteiger partial charge is 0.275 e. The van der Waals surface area contributed by atoms with Crippen molar-refractivity contribution in [3.63, 3.8) is 0 Å². The molecule has 0 aliphatic rings. The second-order valence-electron chi connectivity index (χ2n) is 4.32. The summed E-state index contributed by atoms with van der Waals surface area (Å²) < 4.78 is 10.3. The Balaban J connectivity index is 2.10.